The summed E-state index contributed by atoms with van der Waals surface area (Å²) in [4.78, 5) is 36.8. The minimum absolute atomic E-state index is 0.224. The van der Waals surface area contributed by atoms with Crippen molar-refractivity contribution in [1.29, 1.82) is 0 Å². The van der Waals surface area contributed by atoms with Crippen LogP contribution in [0, 0.1) is 51.4 Å². The normalized spacial score (nSPS) is 13.1. The van der Waals surface area contributed by atoms with Crippen molar-refractivity contribution in [3.05, 3.63) is 235 Å². The summed E-state index contributed by atoms with van der Waals surface area (Å²) in [6.45, 7) is 27.1. The Bertz CT molecular complexity index is 5230. The van der Waals surface area contributed by atoms with E-state index in [1.165, 1.54) is 34.9 Å². The molecule has 10 heterocycles. The molecule has 0 amide bonds. The van der Waals surface area contributed by atoms with Gasteiger partial charge in [0.25, 0.3) is 11.6 Å². The average molecular weight is 1350 g/mol. The maximum Gasteiger partial charge on any atom is 0.288 e. The standard InChI is InChI=1S/C26H25FN6O.C26H24FN5O3.C24H22FN5O/c1-16-11-17(14-32(3)4)5-6-18(16)21-13-30-26(33-15-24(28-2)31-25(21)33)29-12-20-19-9-10-34-23(19)8-7-22(20)27;1-16-12-17(34-11-10-33-3)4-5-18(16)21-14-30-26(32-15-24(28-2)31-25(21)32)29-13-20-19-8-9-35-23(19)7-6-22(20)27;1-14-13-30-23(29-14)19(15-2-3-16-9-26-10-17(16)8-15)11-27-24(30)28-12-20-18-6-7-31-22(18)5-4-21(20)25/h5-8,11,13,15H,9-10,12,14H2,1,3-4H3,(H,29,30);4-7,12,14-15H,8-11,13H2,1,3H3,(H,29,30);2-5,8,11,13,26H,6-7,9-10,12H2,1H3,(H,27,28). The Labute approximate surface area is 575 Å². The van der Waals surface area contributed by atoms with Crippen LogP contribution in [-0.4, -0.2) is 102 Å². The van der Waals surface area contributed by atoms with Crippen LogP contribution >= 0.6 is 0 Å². The minimum atomic E-state index is -0.287. The zero-order valence-electron chi connectivity index (χ0n) is 56.1. The van der Waals surface area contributed by atoms with E-state index in [4.69, 9.17) is 41.8 Å². The fraction of sp³-hybridized carbons (Fsp3) is 0.263. The number of methoxy groups -OCH3 is 1. The number of hydrogen-bond donors (Lipinski definition) is 4. The van der Waals surface area contributed by atoms with Crippen molar-refractivity contribution in [3.8, 4) is 56.4 Å². The Morgan fingerprint density at radius 2 is 1.02 bits per heavy atom. The van der Waals surface area contributed by atoms with Crippen LogP contribution in [0.1, 0.15) is 66.9 Å². The molecular formula is C76H71F3N16O5. The molecule has 100 heavy (non-hydrogen) atoms. The lowest BCUT2D eigenvalue weighted by Gasteiger charge is -2.14. The molecule has 4 aliphatic rings. The second-order valence-corrected chi connectivity index (χ2v) is 25.0. The van der Waals surface area contributed by atoms with Gasteiger partial charge in [0.15, 0.2) is 0 Å². The largest absolute Gasteiger partial charge is 0.493 e. The number of halogens is 3. The summed E-state index contributed by atoms with van der Waals surface area (Å²) in [5.74, 6) is 4.33. The summed E-state index contributed by atoms with van der Waals surface area (Å²) in [5, 5.41) is 13.2. The molecule has 0 unspecified atom stereocenters. The number of aryl methyl sites for hydroxylation is 3. The number of anilines is 3. The van der Waals surface area contributed by atoms with Crippen molar-refractivity contribution < 1.29 is 36.9 Å². The van der Waals surface area contributed by atoms with Gasteiger partial charge < -0.3 is 59.5 Å². The summed E-state index contributed by atoms with van der Waals surface area (Å²) in [6.07, 6.45) is 12.7. The molecule has 4 aliphatic heterocycles. The van der Waals surface area contributed by atoms with Gasteiger partial charge >= 0.3 is 0 Å². The molecule has 0 saturated carbocycles. The topological polar surface area (TPSA) is 197 Å². The maximum absolute atomic E-state index is 14.6. The smallest absolute Gasteiger partial charge is 0.288 e. The highest BCUT2D eigenvalue weighted by molar-refractivity contribution is 5.83. The third-order valence-electron chi connectivity index (χ3n) is 18.2. The van der Waals surface area contributed by atoms with E-state index in [0.29, 0.717) is 98.3 Å². The van der Waals surface area contributed by atoms with E-state index in [9.17, 15) is 13.2 Å². The number of ether oxygens (including phenoxy) is 5. The first-order chi connectivity index (χ1) is 48.7. The first-order valence-electron chi connectivity index (χ1n) is 32.9. The van der Waals surface area contributed by atoms with Crippen molar-refractivity contribution in [2.45, 2.75) is 79.3 Å². The van der Waals surface area contributed by atoms with E-state index < -0.39 is 0 Å². The van der Waals surface area contributed by atoms with Crippen molar-refractivity contribution in [2.75, 3.05) is 70.2 Å². The quantitative estimate of drug-likeness (QED) is 0.0467. The van der Waals surface area contributed by atoms with Crippen LogP contribution in [-0.2, 0) is 63.3 Å². The predicted molar refractivity (Wildman–Crippen MR) is 376 cm³/mol. The second-order valence-electron chi connectivity index (χ2n) is 25.0. The van der Waals surface area contributed by atoms with E-state index in [-0.39, 0.29) is 42.2 Å². The number of hydrogen-bond acceptors (Lipinski definition) is 16. The number of benzene rings is 6. The van der Waals surface area contributed by atoms with Crippen molar-refractivity contribution >= 4 is 46.4 Å². The van der Waals surface area contributed by atoms with Crippen LogP contribution in [0.5, 0.6) is 23.0 Å². The Kier molecular flexibility index (Phi) is 18.7. The molecule has 0 spiro atoms. The third kappa shape index (κ3) is 13.3. The van der Waals surface area contributed by atoms with Crippen LogP contribution in [0.3, 0.4) is 0 Å². The van der Waals surface area contributed by atoms with E-state index in [1.807, 2.05) is 62.9 Å². The van der Waals surface area contributed by atoms with Gasteiger partial charge in [-0.25, -0.2) is 33.1 Å². The monoisotopic (exact) mass is 1340 g/mol. The van der Waals surface area contributed by atoms with Gasteiger partial charge in [-0.3, -0.25) is 13.2 Å². The zero-order chi connectivity index (χ0) is 69.1. The van der Waals surface area contributed by atoms with Gasteiger partial charge in [0.2, 0.25) is 29.1 Å². The molecule has 0 fully saturated rings. The average Bonchev–Trinajstić information content (AvgIpc) is 1.59. The Morgan fingerprint density at radius 3 is 1.51 bits per heavy atom. The number of imidazole rings is 3. The van der Waals surface area contributed by atoms with Crippen molar-refractivity contribution in [1.82, 2.24) is 53.3 Å². The number of nitrogens with one attached hydrogen (secondary N) is 4. The molecule has 0 aliphatic carbocycles. The molecule has 24 heteroatoms. The molecule has 21 nitrogen and oxygen atoms in total. The summed E-state index contributed by atoms with van der Waals surface area (Å²) in [7, 11) is 5.72. The molecule has 6 aromatic carbocycles. The van der Waals surface area contributed by atoms with E-state index in [1.54, 1.807) is 58.9 Å². The first-order valence-corrected chi connectivity index (χ1v) is 32.9. The maximum atomic E-state index is 14.6. The molecule has 506 valence electrons. The van der Waals surface area contributed by atoms with Crippen LogP contribution in [0.4, 0.5) is 42.7 Å². The first kappa shape index (κ1) is 65.7. The molecule has 6 aromatic heterocycles. The number of aromatic nitrogens is 9. The van der Waals surface area contributed by atoms with E-state index in [0.717, 1.165) is 122 Å². The minimum Gasteiger partial charge on any atom is -0.493 e. The molecular weight excluding hydrogens is 1270 g/mol. The highest BCUT2D eigenvalue weighted by atomic mass is 19.1. The predicted octanol–water partition coefficient (Wildman–Crippen LogP) is 14.0. The summed E-state index contributed by atoms with van der Waals surface area (Å²) < 4.78 is 76.6. The molecule has 0 saturated heterocycles. The summed E-state index contributed by atoms with van der Waals surface area (Å²) >= 11 is 0. The lowest BCUT2D eigenvalue weighted by Crippen LogP contribution is -2.11. The number of rotatable bonds is 18. The lowest BCUT2D eigenvalue weighted by molar-refractivity contribution is 0.146. The van der Waals surface area contributed by atoms with Gasteiger partial charge in [0, 0.05) is 142 Å². The van der Waals surface area contributed by atoms with E-state index in [2.05, 4.69) is 104 Å². The molecule has 4 N–H and O–H groups in total. The fourth-order valence-electron chi connectivity index (χ4n) is 13.4. The molecule has 0 radical (unpaired) electrons. The van der Waals surface area contributed by atoms with Crippen LogP contribution in [0.25, 0.3) is 60.0 Å². The third-order valence-corrected chi connectivity index (χ3v) is 18.2. The van der Waals surface area contributed by atoms with Crippen LogP contribution < -0.4 is 40.2 Å². The summed E-state index contributed by atoms with van der Waals surface area (Å²) in [6, 6.07) is 28.0. The van der Waals surface area contributed by atoms with Gasteiger partial charge in [-0.15, -0.1) is 0 Å². The van der Waals surface area contributed by atoms with Crippen molar-refractivity contribution in [2.24, 2.45) is 0 Å². The zero-order valence-corrected chi connectivity index (χ0v) is 56.1. The highest BCUT2D eigenvalue weighted by Gasteiger charge is 2.26. The Balaban J connectivity index is 0.000000128. The lowest BCUT2D eigenvalue weighted by atomic mass is 10.00. The van der Waals surface area contributed by atoms with Gasteiger partial charge in [-0.05, 0) is 134 Å². The Morgan fingerprint density at radius 1 is 0.540 bits per heavy atom. The van der Waals surface area contributed by atoms with Crippen molar-refractivity contribution in [3.63, 3.8) is 0 Å². The molecule has 0 bridgehead atoms. The second kappa shape index (κ2) is 28.5. The van der Waals surface area contributed by atoms with Crippen LogP contribution in [0.2, 0.25) is 0 Å². The van der Waals surface area contributed by atoms with Gasteiger partial charge in [-0.2, -0.15) is 0 Å². The highest BCUT2D eigenvalue weighted by Crippen LogP contribution is 2.38. The van der Waals surface area contributed by atoms with Crippen LogP contribution in [0.15, 0.2) is 128 Å². The van der Waals surface area contributed by atoms with Gasteiger partial charge in [0.05, 0.1) is 43.2 Å². The summed E-state index contributed by atoms with van der Waals surface area (Å²) in [5.41, 5.74) is 19.1. The van der Waals surface area contributed by atoms with E-state index >= 15 is 0 Å². The molecule has 16 rings (SSSR count). The molecule has 12 aromatic rings. The SMILES string of the molecule is Cc1cn2c(NCc3c(F)ccc4c3CCO4)ncc(-c3ccc4c(c3)CNC4)c2n1.[C-]#[N+]c1cn2c(NCc3c(F)ccc4c3CCO4)ncc(-c3ccc(CN(C)C)cc3C)c2n1.[C-]#[N+]c1cn2c(NCc3c(F)ccc4c3CCO4)ncc(-c3ccc(OCCOC)cc3C)c2n1. The fourth-order valence-corrected chi connectivity index (χ4v) is 13.4. The van der Waals surface area contributed by atoms with Gasteiger partial charge in [-0.1, -0.05) is 59.5 Å². The Hall–Kier alpha value is -11.6. The molecule has 0 atom stereocenters. The number of fused-ring (bicyclic) bond motifs is 7. The van der Waals surface area contributed by atoms with Gasteiger partial charge in [0.1, 0.15) is 52.7 Å². The number of nitrogens with zero attached hydrogens (tertiary/aromatic N) is 12.